The fourth-order valence-electron chi connectivity index (χ4n) is 3.49. The number of para-hydroxylation sites is 1. The number of carbonyl (C=O) groups excluding carboxylic acids is 1. The van der Waals surface area contributed by atoms with Crippen LogP contribution in [-0.4, -0.2) is 32.4 Å². The number of hydrazone groups is 1. The van der Waals surface area contributed by atoms with Crippen molar-refractivity contribution in [2.45, 2.75) is 32.5 Å². The summed E-state index contributed by atoms with van der Waals surface area (Å²) >= 11 is 1.30. The van der Waals surface area contributed by atoms with Gasteiger partial charge in [0.25, 0.3) is 5.91 Å². The maximum atomic E-state index is 12.2. The summed E-state index contributed by atoms with van der Waals surface area (Å²) in [5, 5.41) is 5.87. The van der Waals surface area contributed by atoms with Gasteiger partial charge in [-0.25, -0.2) is 15.4 Å². The summed E-state index contributed by atoms with van der Waals surface area (Å²) in [4.78, 5) is 20.9. The lowest BCUT2D eigenvalue weighted by molar-refractivity contribution is -0.118. The van der Waals surface area contributed by atoms with Crippen molar-refractivity contribution >= 4 is 34.8 Å². The van der Waals surface area contributed by atoms with Crippen molar-refractivity contribution in [3.05, 3.63) is 88.9 Å². The number of carbonyl (C=O) groups is 1. The SMILES string of the molecule is Cc1ccc(Cn2cc(/C=N\NC(=O)CSc3nc(C)cc(C)n3)c3ccccc32)cc1. The molecular formula is C25H25N5OS. The third-order valence-corrected chi connectivity index (χ3v) is 5.83. The molecule has 0 aliphatic carbocycles. The van der Waals surface area contributed by atoms with Crippen LogP contribution in [0.1, 0.15) is 28.1 Å². The van der Waals surface area contributed by atoms with Gasteiger partial charge >= 0.3 is 0 Å². The van der Waals surface area contributed by atoms with Gasteiger partial charge in [-0.1, -0.05) is 59.8 Å². The van der Waals surface area contributed by atoms with Gasteiger partial charge in [0.1, 0.15) is 0 Å². The predicted molar refractivity (Wildman–Crippen MR) is 130 cm³/mol. The molecule has 2 heterocycles. The molecule has 2 aromatic heterocycles. The smallest absolute Gasteiger partial charge is 0.250 e. The first kappa shape index (κ1) is 21.8. The van der Waals surface area contributed by atoms with Crippen LogP contribution in [-0.2, 0) is 11.3 Å². The van der Waals surface area contributed by atoms with Crippen molar-refractivity contribution < 1.29 is 4.79 Å². The third kappa shape index (κ3) is 5.42. The molecule has 0 atom stereocenters. The zero-order valence-electron chi connectivity index (χ0n) is 18.4. The Hall–Kier alpha value is -3.45. The number of aromatic nitrogens is 3. The van der Waals surface area contributed by atoms with Crippen LogP contribution in [0.25, 0.3) is 10.9 Å². The largest absolute Gasteiger partial charge is 0.342 e. The summed E-state index contributed by atoms with van der Waals surface area (Å²) < 4.78 is 2.20. The number of fused-ring (bicyclic) bond motifs is 1. The number of nitrogens with zero attached hydrogens (tertiary/aromatic N) is 4. The van der Waals surface area contributed by atoms with Crippen LogP contribution in [0.15, 0.2) is 71.1 Å². The van der Waals surface area contributed by atoms with Crippen LogP contribution in [0, 0.1) is 20.8 Å². The van der Waals surface area contributed by atoms with Crippen molar-refractivity contribution in [2.75, 3.05) is 5.75 Å². The van der Waals surface area contributed by atoms with Gasteiger partial charge in [0.15, 0.2) is 5.16 Å². The standard InChI is InChI=1S/C25H25N5OS/c1-17-8-10-20(11-9-17)14-30-15-21(22-6-4-5-7-23(22)30)13-26-29-24(31)16-32-25-27-18(2)12-19(3)28-25/h4-13,15H,14,16H2,1-3H3,(H,29,31)/b26-13-. The molecule has 6 nitrogen and oxygen atoms in total. The zero-order valence-corrected chi connectivity index (χ0v) is 19.2. The van der Waals surface area contributed by atoms with Crippen LogP contribution in [0.5, 0.6) is 0 Å². The molecule has 2 aromatic carbocycles. The van der Waals surface area contributed by atoms with Crippen LogP contribution in [0.3, 0.4) is 0 Å². The lowest BCUT2D eigenvalue weighted by atomic mass is 10.1. The van der Waals surface area contributed by atoms with Crippen LogP contribution in [0.4, 0.5) is 0 Å². The minimum absolute atomic E-state index is 0.197. The van der Waals surface area contributed by atoms with Crippen molar-refractivity contribution in [1.29, 1.82) is 0 Å². The van der Waals surface area contributed by atoms with Gasteiger partial charge in [-0.3, -0.25) is 4.79 Å². The van der Waals surface area contributed by atoms with E-state index >= 15 is 0 Å². The number of aryl methyl sites for hydroxylation is 3. The van der Waals surface area contributed by atoms with Crippen LogP contribution in [0.2, 0.25) is 0 Å². The van der Waals surface area contributed by atoms with Crippen molar-refractivity contribution in [3.8, 4) is 0 Å². The second-order valence-corrected chi connectivity index (χ2v) is 8.67. The molecule has 7 heteroatoms. The molecule has 1 amide bonds. The van der Waals surface area contributed by atoms with E-state index in [1.807, 2.05) is 32.0 Å². The van der Waals surface area contributed by atoms with E-state index in [0.29, 0.717) is 5.16 Å². The average Bonchev–Trinajstić information content (AvgIpc) is 3.11. The number of hydrogen-bond acceptors (Lipinski definition) is 5. The van der Waals surface area contributed by atoms with E-state index in [9.17, 15) is 4.79 Å². The van der Waals surface area contributed by atoms with E-state index in [0.717, 1.165) is 34.4 Å². The first-order chi connectivity index (χ1) is 15.5. The topological polar surface area (TPSA) is 72.2 Å². The van der Waals surface area contributed by atoms with Gasteiger partial charge in [0.2, 0.25) is 0 Å². The van der Waals surface area contributed by atoms with E-state index in [-0.39, 0.29) is 11.7 Å². The first-order valence-electron chi connectivity index (χ1n) is 10.4. The van der Waals surface area contributed by atoms with Gasteiger partial charge in [-0.2, -0.15) is 5.10 Å². The summed E-state index contributed by atoms with van der Waals surface area (Å²) in [6.07, 6.45) is 3.77. The second-order valence-electron chi connectivity index (χ2n) is 7.73. The van der Waals surface area contributed by atoms with E-state index in [1.165, 1.54) is 22.9 Å². The molecule has 0 bridgehead atoms. The van der Waals surface area contributed by atoms with E-state index < -0.39 is 0 Å². The molecule has 1 N–H and O–H groups in total. The van der Waals surface area contributed by atoms with Crippen LogP contribution >= 0.6 is 11.8 Å². The lowest BCUT2D eigenvalue weighted by Crippen LogP contribution is -2.19. The van der Waals surface area contributed by atoms with Gasteiger partial charge in [-0.15, -0.1) is 0 Å². The van der Waals surface area contributed by atoms with E-state index in [2.05, 4.69) is 74.6 Å². The normalized spacial score (nSPS) is 11.3. The molecule has 4 aromatic rings. The monoisotopic (exact) mass is 443 g/mol. The highest BCUT2D eigenvalue weighted by Gasteiger charge is 2.08. The molecule has 0 fully saturated rings. The molecule has 32 heavy (non-hydrogen) atoms. The molecule has 0 spiro atoms. The number of nitrogens with one attached hydrogen (secondary N) is 1. The lowest BCUT2D eigenvalue weighted by Gasteiger charge is -2.06. The van der Waals surface area contributed by atoms with Gasteiger partial charge in [0, 0.05) is 40.6 Å². The quantitative estimate of drug-likeness (QED) is 0.195. The summed E-state index contributed by atoms with van der Waals surface area (Å²) in [6.45, 7) is 6.69. The Balaban J connectivity index is 1.43. The molecule has 0 unspecified atom stereocenters. The third-order valence-electron chi connectivity index (χ3n) is 4.98. The van der Waals surface area contributed by atoms with Crippen LogP contribution < -0.4 is 5.43 Å². The summed E-state index contributed by atoms with van der Waals surface area (Å²) in [7, 11) is 0. The fourth-order valence-corrected chi connectivity index (χ4v) is 4.24. The minimum atomic E-state index is -0.197. The number of benzene rings is 2. The Morgan fingerprint density at radius 1 is 1.06 bits per heavy atom. The van der Waals surface area contributed by atoms with Gasteiger partial charge in [0.05, 0.1) is 12.0 Å². The second kappa shape index (κ2) is 9.78. The van der Waals surface area contributed by atoms with Gasteiger partial charge in [-0.05, 0) is 38.5 Å². The highest BCUT2D eigenvalue weighted by molar-refractivity contribution is 7.99. The minimum Gasteiger partial charge on any atom is -0.342 e. The maximum absolute atomic E-state index is 12.2. The molecule has 0 saturated heterocycles. The number of hydrogen-bond donors (Lipinski definition) is 1. The number of rotatable bonds is 7. The summed E-state index contributed by atoms with van der Waals surface area (Å²) in [6, 6.07) is 18.7. The Labute approximate surface area is 191 Å². The highest BCUT2D eigenvalue weighted by atomic mass is 32.2. The fraction of sp³-hybridized carbons (Fsp3) is 0.200. The number of thioether (sulfide) groups is 1. The molecular weight excluding hydrogens is 418 g/mol. The average molecular weight is 444 g/mol. The summed E-state index contributed by atoms with van der Waals surface area (Å²) in [5.41, 5.74) is 8.95. The van der Waals surface area contributed by atoms with E-state index in [4.69, 9.17) is 0 Å². The van der Waals surface area contributed by atoms with Crippen molar-refractivity contribution in [2.24, 2.45) is 5.10 Å². The molecule has 0 radical (unpaired) electrons. The predicted octanol–water partition coefficient (Wildman–Crippen LogP) is 4.65. The van der Waals surface area contributed by atoms with Gasteiger partial charge < -0.3 is 4.57 Å². The first-order valence-corrected chi connectivity index (χ1v) is 11.4. The maximum Gasteiger partial charge on any atom is 0.250 e. The molecule has 0 aliphatic rings. The van der Waals surface area contributed by atoms with Crippen molar-refractivity contribution in [1.82, 2.24) is 20.0 Å². The Morgan fingerprint density at radius 3 is 2.53 bits per heavy atom. The van der Waals surface area contributed by atoms with E-state index in [1.54, 1.807) is 6.21 Å². The molecule has 162 valence electrons. The molecule has 4 rings (SSSR count). The zero-order chi connectivity index (χ0) is 22.5. The highest BCUT2D eigenvalue weighted by Crippen LogP contribution is 2.21. The Bertz CT molecular complexity index is 1260. The number of amides is 1. The Kier molecular flexibility index (Phi) is 6.66. The Morgan fingerprint density at radius 2 is 1.78 bits per heavy atom. The molecule has 0 aliphatic heterocycles. The summed E-state index contributed by atoms with van der Waals surface area (Å²) in [5.74, 6) is 0.00694. The van der Waals surface area contributed by atoms with Crippen molar-refractivity contribution in [3.63, 3.8) is 0 Å². The molecule has 0 saturated carbocycles.